The van der Waals surface area contributed by atoms with Gasteiger partial charge < -0.3 is 10.5 Å². The number of rotatable bonds is 3. The summed E-state index contributed by atoms with van der Waals surface area (Å²) in [4.78, 5) is 12.5. The maximum atomic E-state index is 12.9. The van der Waals surface area contributed by atoms with Gasteiger partial charge in [0.2, 0.25) is 5.78 Å². The Morgan fingerprint density at radius 1 is 1.08 bits per heavy atom. The molecular weight excluding hydrogens is 338 g/mol. The number of hydrogen-bond acceptors (Lipinski definition) is 3. The van der Waals surface area contributed by atoms with Gasteiger partial charge in [0, 0.05) is 6.42 Å². The van der Waals surface area contributed by atoms with Crippen LogP contribution in [0.1, 0.15) is 16.7 Å². The van der Waals surface area contributed by atoms with Gasteiger partial charge in [0.25, 0.3) is 0 Å². The first kappa shape index (κ1) is 17.0. The molecule has 0 bridgehead atoms. The lowest BCUT2D eigenvalue weighted by molar-refractivity contribution is -0.137. The highest BCUT2D eigenvalue weighted by molar-refractivity contribution is 6.25. The highest BCUT2D eigenvalue weighted by atomic mass is 19.4. The summed E-state index contributed by atoms with van der Waals surface area (Å²) in [5.74, 6) is -1.12. The van der Waals surface area contributed by atoms with Crippen LogP contribution in [0, 0.1) is 5.82 Å². The molecule has 7 heteroatoms. The summed E-state index contributed by atoms with van der Waals surface area (Å²) < 4.78 is 56.8. The van der Waals surface area contributed by atoms with E-state index in [-0.39, 0.29) is 23.4 Å². The topological polar surface area (TPSA) is 52.3 Å². The second kappa shape index (κ2) is 6.23. The van der Waals surface area contributed by atoms with Gasteiger partial charge in [-0.3, -0.25) is 4.79 Å². The van der Waals surface area contributed by atoms with Gasteiger partial charge in [0.1, 0.15) is 5.82 Å². The van der Waals surface area contributed by atoms with Crippen molar-refractivity contribution in [3.63, 3.8) is 0 Å². The zero-order chi connectivity index (χ0) is 18.2. The van der Waals surface area contributed by atoms with Gasteiger partial charge in [-0.15, -0.1) is 0 Å². The van der Waals surface area contributed by atoms with Crippen LogP contribution in [-0.4, -0.2) is 11.9 Å². The van der Waals surface area contributed by atoms with E-state index >= 15 is 0 Å². The molecule has 0 radical (unpaired) electrons. The molecule has 2 aromatic carbocycles. The third-order valence-electron chi connectivity index (χ3n) is 3.87. The molecule has 0 saturated heterocycles. The third-order valence-corrected chi connectivity index (χ3v) is 3.87. The minimum absolute atomic E-state index is 0.0546. The largest absolute Gasteiger partial charge is 0.467 e. The summed E-state index contributed by atoms with van der Waals surface area (Å²) in [6.07, 6.45) is -5.33. The Morgan fingerprint density at radius 3 is 2.40 bits per heavy atom. The number of carbonyl (C=O) groups excluding carboxylic acids is 1. The molecule has 0 fully saturated rings. The Hall–Kier alpha value is -2.83. The first-order chi connectivity index (χ1) is 11.8. The van der Waals surface area contributed by atoms with Gasteiger partial charge in [-0.05, 0) is 35.4 Å². The molecule has 0 amide bonds. The molecule has 2 N–H and O–H groups in total. The number of nitrogens with two attached hydrogens (primary N) is 1. The first-order valence-corrected chi connectivity index (χ1v) is 7.38. The van der Waals surface area contributed by atoms with Gasteiger partial charge in [-0.1, -0.05) is 24.3 Å². The number of hydrogen-bond donors (Lipinski definition) is 1. The molecule has 3 rings (SSSR count). The average Bonchev–Trinajstić information content (AvgIpc) is 2.83. The van der Waals surface area contributed by atoms with E-state index in [1.165, 1.54) is 36.4 Å². The van der Waals surface area contributed by atoms with Crippen LogP contribution >= 0.6 is 0 Å². The lowest BCUT2D eigenvalue weighted by Gasteiger charge is -2.10. The smallest absolute Gasteiger partial charge is 0.416 e. The van der Waals surface area contributed by atoms with Crippen molar-refractivity contribution in [2.45, 2.75) is 18.7 Å². The second-order valence-corrected chi connectivity index (χ2v) is 5.62. The number of Topliss-reactive ketones (excluding diaryl/α,β-unsaturated/α-hetero) is 1. The summed E-state index contributed by atoms with van der Waals surface area (Å²) >= 11 is 0. The third kappa shape index (κ3) is 3.50. The molecular formula is C18H13F4NO2. The van der Waals surface area contributed by atoms with Crippen molar-refractivity contribution in [1.29, 1.82) is 0 Å². The number of carbonyl (C=O) groups is 1. The van der Waals surface area contributed by atoms with Crippen LogP contribution in [0.4, 0.5) is 17.6 Å². The molecule has 1 aliphatic rings. The van der Waals surface area contributed by atoms with Crippen molar-refractivity contribution in [3.05, 3.63) is 76.9 Å². The molecule has 1 unspecified atom stereocenters. The van der Waals surface area contributed by atoms with Gasteiger partial charge in [-0.25, -0.2) is 4.39 Å². The molecule has 0 aromatic heterocycles. The van der Waals surface area contributed by atoms with Crippen LogP contribution in [0.15, 0.2) is 54.4 Å². The molecule has 1 aliphatic heterocycles. The summed E-state index contributed by atoms with van der Waals surface area (Å²) in [6.45, 7) is 0. The second-order valence-electron chi connectivity index (χ2n) is 5.62. The first-order valence-electron chi connectivity index (χ1n) is 7.38. The molecule has 0 saturated carbocycles. The van der Waals surface area contributed by atoms with Crippen molar-refractivity contribution in [2.24, 2.45) is 5.73 Å². The van der Waals surface area contributed by atoms with E-state index in [9.17, 15) is 22.4 Å². The standard InChI is InChI=1S/C18H13F4NO2/c19-13-6-4-10(5-7-13)8-14-16(24)15(17(23)25-14)11-2-1-3-12(9-11)18(20,21)22/h1-7,9,14H,8,23H2. The molecule has 3 nitrogen and oxygen atoms in total. The molecule has 130 valence electrons. The number of ketones is 1. The Balaban J connectivity index is 1.85. The van der Waals surface area contributed by atoms with Gasteiger partial charge in [0.05, 0.1) is 11.1 Å². The fourth-order valence-electron chi connectivity index (χ4n) is 2.65. The lowest BCUT2D eigenvalue weighted by Crippen LogP contribution is -2.21. The summed E-state index contributed by atoms with van der Waals surface area (Å²) in [7, 11) is 0. The van der Waals surface area contributed by atoms with Crippen molar-refractivity contribution in [1.82, 2.24) is 0 Å². The Labute approximate surface area is 140 Å². The van der Waals surface area contributed by atoms with Crippen molar-refractivity contribution in [3.8, 4) is 0 Å². The molecule has 25 heavy (non-hydrogen) atoms. The maximum absolute atomic E-state index is 12.9. The maximum Gasteiger partial charge on any atom is 0.416 e. The molecule has 1 heterocycles. The van der Waals surface area contributed by atoms with E-state index in [4.69, 9.17) is 10.5 Å². The molecule has 2 aromatic rings. The van der Waals surface area contributed by atoms with Crippen LogP contribution < -0.4 is 5.73 Å². The SMILES string of the molecule is NC1=C(c2cccc(C(F)(F)F)c2)C(=O)C(Cc2ccc(F)cc2)O1. The van der Waals surface area contributed by atoms with E-state index in [2.05, 4.69) is 0 Å². The van der Waals surface area contributed by atoms with Gasteiger partial charge in [0.15, 0.2) is 12.0 Å². The molecule has 0 spiro atoms. The monoisotopic (exact) mass is 351 g/mol. The fraction of sp³-hybridized carbons (Fsp3) is 0.167. The Kier molecular flexibility index (Phi) is 4.24. The van der Waals surface area contributed by atoms with Crippen molar-refractivity contribution >= 4 is 11.4 Å². The van der Waals surface area contributed by atoms with E-state index in [1.807, 2.05) is 0 Å². The predicted molar refractivity (Wildman–Crippen MR) is 82.5 cm³/mol. The molecule has 0 aliphatic carbocycles. The number of halogens is 4. The van der Waals surface area contributed by atoms with Gasteiger partial charge >= 0.3 is 6.18 Å². The summed E-state index contributed by atoms with van der Waals surface area (Å²) in [5.41, 5.74) is 5.48. The quantitative estimate of drug-likeness (QED) is 0.859. The molecule has 1 atom stereocenters. The van der Waals surface area contributed by atoms with Crippen LogP contribution in [0.25, 0.3) is 5.57 Å². The van der Waals surface area contributed by atoms with Crippen LogP contribution in [0.2, 0.25) is 0 Å². The predicted octanol–water partition coefficient (Wildman–Crippen LogP) is 3.68. The van der Waals surface area contributed by atoms with Crippen molar-refractivity contribution in [2.75, 3.05) is 0 Å². The number of benzene rings is 2. The summed E-state index contributed by atoms with van der Waals surface area (Å²) in [5, 5.41) is 0. The fourth-order valence-corrected chi connectivity index (χ4v) is 2.65. The Morgan fingerprint density at radius 2 is 1.76 bits per heavy atom. The van der Waals surface area contributed by atoms with Crippen LogP contribution in [-0.2, 0) is 22.1 Å². The zero-order valence-electron chi connectivity index (χ0n) is 12.8. The zero-order valence-corrected chi connectivity index (χ0v) is 12.8. The van der Waals surface area contributed by atoms with Crippen LogP contribution in [0.5, 0.6) is 0 Å². The van der Waals surface area contributed by atoms with E-state index in [0.717, 1.165) is 12.1 Å². The average molecular weight is 351 g/mol. The minimum Gasteiger partial charge on any atom is -0.467 e. The highest BCUT2D eigenvalue weighted by Crippen LogP contribution is 2.34. The van der Waals surface area contributed by atoms with Crippen LogP contribution in [0.3, 0.4) is 0 Å². The van der Waals surface area contributed by atoms with Crippen molar-refractivity contribution < 1.29 is 27.1 Å². The Bertz CT molecular complexity index is 841. The lowest BCUT2D eigenvalue weighted by atomic mass is 9.96. The highest BCUT2D eigenvalue weighted by Gasteiger charge is 2.36. The number of alkyl halides is 3. The normalized spacial score (nSPS) is 17.8. The minimum atomic E-state index is -4.53. The number of ether oxygens (including phenoxy) is 1. The van der Waals surface area contributed by atoms with E-state index in [1.54, 1.807) is 0 Å². The van der Waals surface area contributed by atoms with E-state index < -0.39 is 29.4 Å². The summed E-state index contributed by atoms with van der Waals surface area (Å²) in [6, 6.07) is 9.87. The van der Waals surface area contributed by atoms with E-state index in [0.29, 0.717) is 5.56 Å². The van der Waals surface area contributed by atoms with Gasteiger partial charge in [-0.2, -0.15) is 13.2 Å².